The van der Waals surface area contributed by atoms with Gasteiger partial charge in [-0.15, -0.1) is 0 Å². The van der Waals surface area contributed by atoms with Crippen LogP contribution < -0.4 is 4.74 Å². The molecule has 15 heavy (non-hydrogen) atoms. The first-order valence-electron chi connectivity index (χ1n) is 4.34. The van der Waals surface area contributed by atoms with Gasteiger partial charge in [0.25, 0.3) is 6.43 Å². The Morgan fingerprint density at radius 3 is 2.60 bits per heavy atom. The second kappa shape index (κ2) is 5.02. The van der Waals surface area contributed by atoms with Crippen LogP contribution in [0.3, 0.4) is 0 Å². The Hall–Kier alpha value is -1.23. The standard InChI is InChI=1S/C10H11F3O2/c1-15-8-4-2-3-6(9(8)11)5-7(14)10(12)13/h2-4,7,10,14H,5H2,1H3. The maximum absolute atomic E-state index is 13.4. The lowest BCUT2D eigenvalue weighted by Gasteiger charge is -2.11. The van der Waals surface area contributed by atoms with E-state index in [9.17, 15) is 13.2 Å². The van der Waals surface area contributed by atoms with E-state index in [1.54, 1.807) is 0 Å². The molecule has 0 aliphatic rings. The van der Waals surface area contributed by atoms with E-state index in [4.69, 9.17) is 5.11 Å². The van der Waals surface area contributed by atoms with E-state index in [2.05, 4.69) is 4.74 Å². The number of methoxy groups -OCH3 is 1. The van der Waals surface area contributed by atoms with Gasteiger partial charge in [-0.1, -0.05) is 12.1 Å². The molecule has 0 heterocycles. The van der Waals surface area contributed by atoms with Crippen LogP contribution in [-0.4, -0.2) is 24.7 Å². The van der Waals surface area contributed by atoms with Gasteiger partial charge < -0.3 is 9.84 Å². The minimum Gasteiger partial charge on any atom is -0.494 e. The Morgan fingerprint density at radius 2 is 2.07 bits per heavy atom. The molecule has 0 radical (unpaired) electrons. The van der Waals surface area contributed by atoms with Gasteiger partial charge in [0.15, 0.2) is 11.6 Å². The van der Waals surface area contributed by atoms with Gasteiger partial charge in [0, 0.05) is 6.42 Å². The topological polar surface area (TPSA) is 29.5 Å². The van der Waals surface area contributed by atoms with Crippen LogP contribution in [0.2, 0.25) is 0 Å². The van der Waals surface area contributed by atoms with E-state index >= 15 is 0 Å². The average molecular weight is 220 g/mol. The van der Waals surface area contributed by atoms with Crippen LogP contribution in [0.25, 0.3) is 0 Å². The predicted molar refractivity (Wildman–Crippen MR) is 48.7 cm³/mol. The van der Waals surface area contributed by atoms with Gasteiger partial charge in [-0.3, -0.25) is 0 Å². The largest absolute Gasteiger partial charge is 0.494 e. The summed E-state index contributed by atoms with van der Waals surface area (Å²) in [5, 5.41) is 8.91. The Balaban J connectivity index is 2.86. The maximum atomic E-state index is 13.4. The third kappa shape index (κ3) is 2.86. The Morgan fingerprint density at radius 1 is 1.40 bits per heavy atom. The van der Waals surface area contributed by atoms with Crippen molar-refractivity contribution in [1.29, 1.82) is 0 Å². The zero-order valence-electron chi connectivity index (χ0n) is 8.08. The summed E-state index contributed by atoms with van der Waals surface area (Å²) in [5.41, 5.74) is 0.0159. The van der Waals surface area contributed by atoms with Crippen LogP contribution in [0, 0.1) is 5.82 Å². The van der Waals surface area contributed by atoms with Crippen molar-refractivity contribution in [1.82, 2.24) is 0 Å². The molecule has 0 saturated heterocycles. The summed E-state index contributed by atoms with van der Waals surface area (Å²) >= 11 is 0. The molecule has 1 N–H and O–H groups in total. The normalized spacial score (nSPS) is 12.9. The van der Waals surface area contributed by atoms with Crippen molar-refractivity contribution in [3.05, 3.63) is 29.6 Å². The first kappa shape index (κ1) is 11.8. The fourth-order valence-electron chi connectivity index (χ4n) is 1.19. The number of aliphatic hydroxyl groups excluding tert-OH is 1. The third-order valence-corrected chi connectivity index (χ3v) is 1.98. The Kier molecular flexibility index (Phi) is 3.96. The molecule has 0 bridgehead atoms. The van der Waals surface area contributed by atoms with Gasteiger partial charge in [-0.05, 0) is 11.6 Å². The van der Waals surface area contributed by atoms with E-state index in [0.717, 1.165) is 0 Å². The van der Waals surface area contributed by atoms with Gasteiger partial charge in [0.1, 0.15) is 6.10 Å². The Bertz CT molecular complexity index is 328. The lowest BCUT2D eigenvalue weighted by Crippen LogP contribution is -2.20. The number of ether oxygens (including phenoxy) is 1. The number of alkyl halides is 2. The molecule has 0 amide bonds. The van der Waals surface area contributed by atoms with Crippen LogP contribution in [-0.2, 0) is 6.42 Å². The molecule has 0 saturated carbocycles. The SMILES string of the molecule is COc1cccc(CC(O)C(F)F)c1F. The van der Waals surface area contributed by atoms with Crippen molar-refractivity contribution < 1.29 is 23.0 Å². The molecule has 0 aliphatic heterocycles. The summed E-state index contributed by atoms with van der Waals surface area (Å²) in [6.45, 7) is 0. The molecule has 1 aromatic rings. The summed E-state index contributed by atoms with van der Waals surface area (Å²) in [7, 11) is 1.28. The van der Waals surface area contributed by atoms with Crippen molar-refractivity contribution in [2.75, 3.05) is 7.11 Å². The van der Waals surface area contributed by atoms with Crippen LogP contribution in [0.5, 0.6) is 5.75 Å². The first-order valence-corrected chi connectivity index (χ1v) is 4.34. The highest BCUT2D eigenvalue weighted by Gasteiger charge is 2.20. The van der Waals surface area contributed by atoms with E-state index in [-0.39, 0.29) is 11.3 Å². The van der Waals surface area contributed by atoms with E-state index in [1.807, 2.05) is 0 Å². The molecule has 2 nitrogen and oxygen atoms in total. The highest BCUT2D eigenvalue weighted by atomic mass is 19.3. The van der Waals surface area contributed by atoms with Crippen molar-refractivity contribution in [2.24, 2.45) is 0 Å². The fourth-order valence-corrected chi connectivity index (χ4v) is 1.19. The van der Waals surface area contributed by atoms with Crippen LogP contribution in [0.4, 0.5) is 13.2 Å². The first-order chi connectivity index (χ1) is 7.06. The van der Waals surface area contributed by atoms with Crippen LogP contribution in [0.1, 0.15) is 5.56 Å². The lowest BCUT2D eigenvalue weighted by molar-refractivity contribution is -0.00409. The fraction of sp³-hybridized carbons (Fsp3) is 0.400. The molecular formula is C10H11F3O2. The molecular weight excluding hydrogens is 209 g/mol. The van der Waals surface area contributed by atoms with Gasteiger partial charge in [-0.2, -0.15) is 0 Å². The smallest absolute Gasteiger partial charge is 0.264 e. The second-order valence-electron chi connectivity index (χ2n) is 3.04. The summed E-state index contributed by atoms with van der Waals surface area (Å²) in [4.78, 5) is 0. The minimum atomic E-state index is -2.88. The molecule has 1 aromatic carbocycles. The number of halogens is 3. The minimum absolute atomic E-state index is 0.0159. The molecule has 0 spiro atoms. The molecule has 5 heteroatoms. The summed E-state index contributed by atoms with van der Waals surface area (Å²) in [6, 6.07) is 4.20. The van der Waals surface area contributed by atoms with Gasteiger partial charge >= 0.3 is 0 Å². The summed E-state index contributed by atoms with van der Waals surface area (Å²) < 4.78 is 42.1. The molecule has 84 valence electrons. The van der Waals surface area contributed by atoms with Gasteiger partial charge in [0.05, 0.1) is 7.11 Å². The molecule has 1 unspecified atom stereocenters. The zero-order chi connectivity index (χ0) is 11.4. The number of hydrogen-bond acceptors (Lipinski definition) is 2. The van der Waals surface area contributed by atoms with Crippen molar-refractivity contribution >= 4 is 0 Å². The van der Waals surface area contributed by atoms with Crippen LogP contribution in [0.15, 0.2) is 18.2 Å². The molecule has 1 atom stereocenters. The highest BCUT2D eigenvalue weighted by Crippen LogP contribution is 2.21. The molecule has 0 aliphatic carbocycles. The van der Waals surface area contributed by atoms with Crippen molar-refractivity contribution in [3.63, 3.8) is 0 Å². The highest BCUT2D eigenvalue weighted by molar-refractivity contribution is 5.31. The lowest BCUT2D eigenvalue weighted by atomic mass is 10.1. The number of hydrogen-bond donors (Lipinski definition) is 1. The summed E-state index contributed by atoms with van der Waals surface area (Å²) in [5.74, 6) is -0.728. The summed E-state index contributed by atoms with van der Waals surface area (Å²) in [6.07, 6.45) is -5.16. The van der Waals surface area contributed by atoms with E-state index < -0.39 is 24.8 Å². The maximum Gasteiger partial charge on any atom is 0.264 e. The predicted octanol–water partition coefficient (Wildman–Crippen LogP) is 2.00. The quantitative estimate of drug-likeness (QED) is 0.840. The Labute approximate surface area is 85.3 Å². The average Bonchev–Trinajstić information content (AvgIpc) is 2.21. The monoisotopic (exact) mass is 220 g/mol. The van der Waals surface area contributed by atoms with E-state index in [1.165, 1.54) is 25.3 Å². The number of benzene rings is 1. The molecule has 1 rings (SSSR count). The zero-order valence-corrected chi connectivity index (χ0v) is 8.08. The van der Waals surface area contributed by atoms with Crippen molar-refractivity contribution in [2.45, 2.75) is 19.0 Å². The third-order valence-electron chi connectivity index (χ3n) is 1.98. The van der Waals surface area contributed by atoms with Crippen LogP contribution >= 0.6 is 0 Å². The van der Waals surface area contributed by atoms with Gasteiger partial charge in [-0.25, -0.2) is 13.2 Å². The molecule has 0 fully saturated rings. The molecule has 0 aromatic heterocycles. The number of rotatable bonds is 4. The van der Waals surface area contributed by atoms with Gasteiger partial charge in [0.2, 0.25) is 0 Å². The van der Waals surface area contributed by atoms with E-state index in [0.29, 0.717) is 0 Å². The van der Waals surface area contributed by atoms with Crippen molar-refractivity contribution in [3.8, 4) is 5.75 Å². The second-order valence-corrected chi connectivity index (χ2v) is 3.04. The number of aliphatic hydroxyl groups is 1.